The summed E-state index contributed by atoms with van der Waals surface area (Å²) in [6.45, 7) is 1.55. The van der Waals surface area contributed by atoms with Crippen LogP contribution in [0.2, 0.25) is 0 Å². The Morgan fingerprint density at radius 2 is 1.65 bits per heavy atom. The fourth-order valence-corrected chi connectivity index (χ4v) is 2.02. The van der Waals surface area contributed by atoms with Crippen molar-refractivity contribution in [2.24, 2.45) is 0 Å². The van der Waals surface area contributed by atoms with Crippen molar-refractivity contribution in [1.82, 2.24) is 5.32 Å². The zero-order chi connectivity index (χ0) is 12.1. The van der Waals surface area contributed by atoms with Gasteiger partial charge in [0.15, 0.2) is 0 Å². The summed E-state index contributed by atoms with van der Waals surface area (Å²) in [7, 11) is 0. The number of nitrogens with one attached hydrogen (secondary N) is 1. The molecule has 0 amide bonds. The van der Waals surface area contributed by atoms with Crippen LogP contribution in [0.3, 0.4) is 0 Å². The largest absolute Gasteiger partial charge is 0.309 e. The Bertz CT molecular complexity index is 485. The summed E-state index contributed by atoms with van der Waals surface area (Å²) in [5.74, 6) is -0.225. The Morgan fingerprint density at radius 3 is 2.35 bits per heavy atom. The van der Waals surface area contributed by atoms with Crippen molar-refractivity contribution < 1.29 is 4.39 Å². The number of rotatable bonds is 4. The summed E-state index contributed by atoms with van der Waals surface area (Å²) in [4.78, 5) is 0. The van der Waals surface area contributed by atoms with Crippen LogP contribution in [0.25, 0.3) is 0 Å². The molecular formula is C14H13BrFN. The fraction of sp³-hybridized carbons (Fsp3) is 0.143. The third-order valence-electron chi connectivity index (χ3n) is 2.49. The minimum atomic E-state index is -0.225. The second kappa shape index (κ2) is 5.94. The summed E-state index contributed by atoms with van der Waals surface area (Å²) in [5, 5.41) is 3.32. The van der Waals surface area contributed by atoms with Crippen LogP contribution < -0.4 is 5.32 Å². The number of halogens is 2. The first-order valence-electron chi connectivity index (χ1n) is 5.44. The Hall–Kier alpha value is -1.19. The van der Waals surface area contributed by atoms with Crippen molar-refractivity contribution in [1.29, 1.82) is 0 Å². The quantitative estimate of drug-likeness (QED) is 0.902. The summed E-state index contributed by atoms with van der Waals surface area (Å²) in [6.07, 6.45) is 0. The second-order valence-corrected chi connectivity index (χ2v) is 4.69. The van der Waals surface area contributed by atoms with Gasteiger partial charge >= 0.3 is 0 Å². The van der Waals surface area contributed by atoms with Crippen LogP contribution in [-0.2, 0) is 13.1 Å². The first-order chi connectivity index (χ1) is 8.25. The number of hydrogen-bond donors (Lipinski definition) is 1. The summed E-state index contributed by atoms with van der Waals surface area (Å²) in [5.41, 5.74) is 2.31. The van der Waals surface area contributed by atoms with E-state index in [-0.39, 0.29) is 5.82 Å². The van der Waals surface area contributed by atoms with E-state index in [1.807, 2.05) is 18.2 Å². The second-order valence-electron chi connectivity index (χ2n) is 3.84. The van der Waals surface area contributed by atoms with Crippen LogP contribution in [-0.4, -0.2) is 0 Å². The van der Waals surface area contributed by atoms with Crippen LogP contribution in [0.4, 0.5) is 4.39 Å². The maximum atomic E-state index is 13.0. The Labute approximate surface area is 109 Å². The topological polar surface area (TPSA) is 12.0 Å². The maximum absolute atomic E-state index is 13.0. The van der Waals surface area contributed by atoms with Gasteiger partial charge in [0.2, 0.25) is 0 Å². The highest BCUT2D eigenvalue weighted by molar-refractivity contribution is 9.10. The van der Waals surface area contributed by atoms with E-state index >= 15 is 0 Å². The molecule has 0 aromatic heterocycles. The molecule has 0 aliphatic carbocycles. The third-order valence-corrected chi connectivity index (χ3v) is 3.09. The average Bonchev–Trinajstić information content (AvgIpc) is 2.35. The third kappa shape index (κ3) is 3.65. The van der Waals surface area contributed by atoms with E-state index in [1.165, 1.54) is 11.6 Å². The maximum Gasteiger partial charge on any atom is 0.137 e. The van der Waals surface area contributed by atoms with Gasteiger partial charge in [-0.2, -0.15) is 0 Å². The summed E-state index contributed by atoms with van der Waals surface area (Å²) in [6, 6.07) is 15.3. The average molecular weight is 294 g/mol. The molecule has 2 rings (SSSR count). The van der Waals surface area contributed by atoms with Gasteiger partial charge in [0.25, 0.3) is 0 Å². The smallest absolute Gasteiger partial charge is 0.137 e. The minimum Gasteiger partial charge on any atom is -0.309 e. The predicted molar refractivity (Wildman–Crippen MR) is 71.1 cm³/mol. The zero-order valence-electron chi connectivity index (χ0n) is 9.29. The lowest BCUT2D eigenvalue weighted by Gasteiger charge is -2.06. The predicted octanol–water partition coefficient (Wildman–Crippen LogP) is 3.88. The molecule has 0 unspecified atom stereocenters. The van der Waals surface area contributed by atoms with Crippen molar-refractivity contribution in [3.8, 4) is 0 Å². The van der Waals surface area contributed by atoms with Gasteiger partial charge in [-0.15, -0.1) is 0 Å². The first kappa shape index (κ1) is 12.3. The van der Waals surface area contributed by atoms with E-state index in [0.717, 1.165) is 18.7 Å². The van der Waals surface area contributed by atoms with Gasteiger partial charge in [-0.3, -0.25) is 0 Å². The standard InChI is InChI=1S/C14H13BrFN/c15-13-8-12(6-7-14(13)16)10-17-9-11-4-2-1-3-5-11/h1-8,17H,9-10H2. The molecule has 0 aliphatic rings. The summed E-state index contributed by atoms with van der Waals surface area (Å²) >= 11 is 3.18. The van der Waals surface area contributed by atoms with Crippen LogP contribution in [0.1, 0.15) is 11.1 Å². The van der Waals surface area contributed by atoms with E-state index in [2.05, 4.69) is 33.4 Å². The Morgan fingerprint density at radius 1 is 0.941 bits per heavy atom. The van der Waals surface area contributed by atoms with Crippen molar-refractivity contribution in [3.05, 3.63) is 69.9 Å². The molecule has 0 fully saturated rings. The number of hydrogen-bond acceptors (Lipinski definition) is 1. The lowest BCUT2D eigenvalue weighted by atomic mass is 10.2. The zero-order valence-corrected chi connectivity index (χ0v) is 10.9. The van der Waals surface area contributed by atoms with Crippen molar-refractivity contribution in [2.75, 3.05) is 0 Å². The molecule has 2 aromatic carbocycles. The Kier molecular flexibility index (Phi) is 4.29. The van der Waals surface area contributed by atoms with Gasteiger partial charge in [-0.05, 0) is 39.2 Å². The molecule has 1 N–H and O–H groups in total. The molecule has 0 heterocycles. The van der Waals surface area contributed by atoms with Gasteiger partial charge < -0.3 is 5.32 Å². The molecule has 0 aliphatic heterocycles. The molecule has 0 atom stereocenters. The monoisotopic (exact) mass is 293 g/mol. The molecule has 1 nitrogen and oxygen atoms in total. The van der Waals surface area contributed by atoms with E-state index in [0.29, 0.717) is 4.47 Å². The highest BCUT2D eigenvalue weighted by Crippen LogP contribution is 2.16. The van der Waals surface area contributed by atoms with Crippen molar-refractivity contribution in [2.45, 2.75) is 13.1 Å². The highest BCUT2D eigenvalue weighted by atomic mass is 79.9. The van der Waals surface area contributed by atoms with Crippen LogP contribution in [0, 0.1) is 5.82 Å². The molecule has 0 bridgehead atoms. The van der Waals surface area contributed by atoms with Crippen LogP contribution in [0.5, 0.6) is 0 Å². The van der Waals surface area contributed by atoms with Gasteiger partial charge in [-0.1, -0.05) is 36.4 Å². The van der Waals surface area contributed by atoms with Crippen LogP contribution in [0.15, 0.2) is 53.0 Å². The van der Waals surface area contributed by atoms with Gasteiger partial charge in [0.1, 0.15) is 5.82 Å². The molecule has 17 heavy (non-hydrogen) atoms. The number of benzene rings is 2. The molecular weight excluding hydrogens is 281 g/mol. The Balaban J connectivity index is 1.88. The summed E-state index contributed by atoms with van der Waals surface area (Å²) < 4.78 is 13.5. The molecule has 0 saturated heterocycles. The van der Waals surface area contributed by atoms with Gasteiger partial charge in [0.05, 0.1) is 4.47 Å². The van der Waals surface area contributed by atoms with Crippen molar-refractivity contribution in [3.63, 3.8) is 0 Å². The van der Waals surface area contributed by atoms with Gasteiger partial charge in [0, 0.05) is 13.1 Å². The molecule has 0 saturated carbocycles. The fourth-order valence-electron chi connectivity index (χ4n) is 1.60. The molecule has 0 spiro atoms. The van der Waals surface area contributed by atoms with Gasteiger partial charge in [-0.25, -0.2) is 4.39 Å². The SMILES string of the molecule is Fc1ccc(CNCc2ccccc2)cc1Br. The molecule has 88 valence electrons. The minimum absolute atomic E-state index is 0.225. The van der Waals surface area contributed by atoms with Crippen LogP contribution >= 0.6 is 15.9 Å². The van der Waals surface area contributed by atoms with E-state index in [4.69, 9.17) is 0 Å². The highest BCUT2D eigenvalue weighted by Gasteiger charge is 2.00. The lowest BCUT2D eigenvalue weighted by molar-refractivity contribution is 0.618. The van der Waals surface area contributed by atoms with E-state index in [9.17, 15) is 4.39 Å². The van der Waals surface area contributed by atoms with E-state index in [1.54, 1.807) is 12.1 Å². The first-order valence-corrected chi connectivity index (χ1v) is 6.23. The molecule has 0 radical (unpaired) electrons. The molecule has 3 heteroatoms. The van der Waals surface area contributed by atoms with Crippen molar-refractivity contribution >= 4 is 15.9 Å². The lowest BCUT2D eigenvalue weighted by Crippen LogP contribution is -2.12. The van der Waals surface area contributed by atoms with E-state index < -0.39 is 0 Å². The molecule has 2 aromatic rings. The normalized spacial score (nSPS) is 10.5.